The van der Waals surface area contributed by atoms with Gasteiger partial charge in [0.05, 0.1) is 30.9 Å². The lowest BCUT2D eigenvalue weighted by molar-refractivity contribution is -0.151. The van der Waals surface area contributed by atoms with E-state index in [9.17, 15) is 19.2 Å². The maximum absolute atomic E-state index is 12.7. The van der Waals surface area contributed by atoms with Crippen molar-refractivity contribution in [2.75, 3.05) is 19.8 Å². The maximum atomic E-state index is 12.7. The van der Waals surface area contributed by atoms with Gasteiger partial charge in [0.15, 0.2) is 18.0 Å². The Hall–Kier alpha value is -4.02. The molecule has 4 atom stereocenters. The molecule has 0 bridgehead atoms. The van der Waals surface area contributed by atoms with Crippen LogP contribution in [0.4, 0.5) is 0 Å². The molecule has 2 aliphatic rings. The standard InChI is InChI=1S/C32H36O10/c1-3-24(34)9-7-5-4-6-8-18-37-25-14-10-22(11-15-25)31(35)41-26-16-12-23(13-17-26)32(36)42-28-20-39-29-27(40-21(2)33)19-38-30(28)29/h3,10-17,27-30H,1,4-9,18-20H2,2H3/t27-,28+,29?,30?/m1/s1. The van der Waals surface area contributed by atoms with E-state index >= 15 is 0 Å². The van der Waals surface area contributed by atoms with E-state index in [1.807, 2.05) is 0 Å². The average Bonchev–Trinajstić information content (AvgIpc) is 3.57. The summed E-state index contributed by atoms with van der Waals surface area (Å²) in [6.07, 6.45) is 4.66. The van der Waals surface area contributed by atoms with Crippen molar-refractivity contribution in [1.29, 1.82) is 0 Å². The number of allylic oxidation sites excluding steroid dienone is 1. The Balaban J connectivity index is 1.16. The molecule has 2 heterocycles. The molecule has 0 spiro atoms. The fraction of sp³-hybridized carbons (Fsp3) is 0.438. The van der Waals surface area contributed by atoms with Crippen LogP contribution in [0.15, 0.2) is 61.2 Å². The smallest absolute Gasteiger partial charge is 0.343 e. The van der Waals surface area contributed by atoms with E-state index in [0.29, 0.717) is 24.3 Å². The molecular weight excluding hydrogens is 544 g/mol. The van der Waals surface area contributed by atoms with E-state index < -0.39 is 42.3 Å². The van der Waals surface area contributed by atoms with Crippen LogP contribution in [0, 0.1) is 0 Å². The number of carbonyl (C=O) groups excluding carboxylic acids is 4. The van der Waals surface area contributed by atoms with Gasteiger partial charge < -0.3 is 28.4 Å². The molecule has 4 rings (SSSR count). The van der Waals surface area contributed by atoms with Crippen LogP contribution < -0.4 is 9.47 Å². The van der Waals surface area contributed by atoms with Gasteiger partial charge in [0.25, 0.3) is 0 Å². The van der Waals surface area contributed by atoms with Crippen LogP contribution in [-0.4, -0.2) is 67.9 Å². The Bertz CT molecular complexity index is 1240. The van der Waals surface area contributed by atoms with Crippen molar-refractivity contribution >= 4 is 23.7 Å². The summed E-state index contributed by atoms with van der Waals surface area (Å²) < 4.78 is 33.2. The van der Waals surface area contributed by atoms with Gasteiger partial charge in [-0.15, -0.1) is 0 Å². The molecule has 0 amide bonds. The van der Waals surface area contributed by atoms with E-state index in [1.54, 1.807) is 24.3 Å². The zero-order valence-electron chi connectivity index (χ0n) is 23.7. The first-order valence-corrected chi connectivity index (χ1v) is 14.2. The Morgan fingerprint density at radius 2 is 1.31 bits per heavy atom. The van der Waals surface area contributed by atoms with E-state index in [1.165, 1.54) is 37.3 Å². The minimum Gasteiger partial charge on any atom is -0.494 e. The molecule has 0 saturated carbocycles. The van der Waals surface area contributed by atoms with Crippen LogP contribution in [-0.2, 0) is 28.5 Å². The number of ether oxygens (including phenoxy) is 6. The molecule has 2 aromatic carbocycles. The second-order valence-corrected chi connectivity index (χ2v) is 10.2. The summed E-state index contributed by atoms with van der Waals surface area (Å²) in [5, 5.41) is 0. The summed E-state index contributed by atoms with van der Waals surface area (Å²) in [6.45, 7) is 5.68. The van der Waals surface area contributed by atoms with Crippen molar-refractivity contribution in [2.24, 2.45) is 0 Å². The Morgan fingerprint density at radius 1 is 0.762 bits per heavy atom. The molecule has 2 unspecified atom stereocenters. The van der Waals surface area contributed by atoms with Crippen molar-refractivity contribution in [3.05, 3.63) is 72.3 Å². The van der Waals surface area contributed by atoms with E-state index in [2.05, 4.69) is 6.58 Å². The topological polar surface area (TPSA) is 124 Å². The zero-order chi connectivity index (χ0) is 29.9. The predicted octanol–water partition coefficient (Wildman–Crippen LogP) is 4.64. The highest BCUT2D eigenvalue weighted by Crippen LogP contribution is 2.31. The minimum atomic E-state index is -0.627. The molecule has 10 heteroatoms. The number of hydrogen-bond donors (Lipinski definition) is 0. The first kappa shape index (κ1) is 30.9. The van der Waals surface area contributed by atoms with Crippen molar-refractivity contribution in [1.82, 2.24) is 0 Å². The van der Waals surface area contributed by atoms with Crippen LogP contribution in [0.5, 0.6) is 11.5 Å². The molecule has 10 nitrogen and oxygen atoms in total. The fourth-order valence-electron chi connectivity index (χ4n) is 4.79. The molecule has 42 heavy (non-hydrogen) atoms. The average molecular weight is 581 g/mol. The van der Waals surface area contributed by atoms with Gasteiger partial charge in [0, 0.05) is 13.3 Å². The van der Waals surface area contributed by atoms with Gasteiger partial charge >= 0.3 is 17.9 Å². The molecule has 0 aromatic heterocycles. The molecular formula is C32H36O10. The largest absolute Gasteiger partial charge is 0.494 e. The van der Waals surface area contributed by atoms with Crippen LogP contribution in [0.25, 0.3) is 0 Å². The number of unbranched alkanes of at least 4 members (excludes halogenated alkanes) is 4. The second-order valence-electron chi connectivity index (χ2n) is 10.2. The van der Waals surface area contributed by atoms with Crippen LogP contribution >= 0.6 is 0 Å². The summed E-state index contributed by atoms with van der Waals surface area (Å²) in [7, 11) is 0. The summed E-state index contributed by atoms with van der Waals surface area (Å²) >= 11 is 0. The monoisotopic (exact) mass is 580 g/mol. The Kier molecular flexibility index (Phi) is 11.2. The summed E-state index contributed by atoms with van der Waals surface area (Å²) in [5.74, 6) is -0.509. The highest BCUT2D eigenvalue weighted by atomic mass is 16.7. The number of hydrogen-bond acceptors (Lipinski definition) is 10. The third kappa shape index (κ3) is 8.74. The third-order valence-electron chi connectivity index (χ3n) is 6.99. The number of esters is 3. The number of benzene rings is 2. The fourth-order valence-corrected chi connectivity index (χ4v) is 4.79. The number of ketones is 1. The molecule has 0 aliphatic carbocycles. The summed E-state index contributed by atoms with van der Waals surface area (Å²) in [6, 6.07) is 12.7. The molecule has 2 aliphatic heterocycles. The molecule has 2 fully saturated rings. The zero-order valence-corrected chi connectivity index (χ0v) is 23.7. The number of carbonyl (C=O) groups is 4. The molecule has 2 aromatic rings. The second kappa shape index (κ2) is 15.3. The number of fused-ring (bicyclic) bond motifs is 1. The molecule has 2 saturated heterocycles. The third-order valence-corrected chi connectivity index (χ3v) is 6.99. The molecule has 0 N–H and O–H groups in total. The Morgan fingerprint density at radius 3 is 1.93 bits per heavy atom. The van der Waals surface area contributed by atoms with Gasteiger partial charge in [0.1, 0.15) is 23.7 Å². The predicted molar refractivity (Wildman–Crippen MR) is 150 cm³/mol. The van der Waals surface area contributed by atoms with Crippen molar-refractivity contribution < 1.29 is 47.6 Å². The van der Waals surface area contributed by atoms with E-state index in [-0.39, 0.29) is 30.3 Å². The first-order valence-electron chi connectivity index (χ1n) is 14.2. The van der Waals surface area contributed by atoms with Crippen LogP contribution in [0.1, 0.15) is 66.2 Å². The van der Waals surface area contributed by atoms with Gasteiger partial charge in [-0.2, -0.15) is 0 Å². The number of rotatable bonds is 15. The first-order chi connectivity index (χ1) is 20.3. The highest BCUT2D eigenvalue weighted by Gasteiger charge is 2.51. The van der Waals surface area contributed by atoms with Gasteiger partial charge in [-0.25, -0.2) is 9.59 Å². The molecule has 224 valence electrons. The van der Waals surface area contributed by atoms with E-state index in [4.69, 9.17) is 28.4 Å². The molecule has 0 radical (unpaired) electrons. The van der Waals surface area contributed by atoms with Gasteiger partial charge in [-0.1, -0.05) is 25.8 Å². The van der Waals surface area contributed by atoms with Gasteiger partial charge in [-0.05, 0) is 67.4 Å². The lowest BCUT2D eigenvalue weighted by atomic mass is 10.1. The Labute approximate surface area is 244 Å². The maximum Gasteiger partial charge on any atom is 0.343 e. The van der Waals surface area contributed by atoms with Crippen molar-refractivity contribution in [2.45, 2.75) is 69.9 Å². The van der Waals surface area contributed by atoms with Gasteiger partial charge in [0.2, 0.25) is 0 Å². The van der Waals surface area contributed by atoms with Crippen LogP contribution in [0.3, 0.4) is 0 Å². The van der Waals surface area contributed by atoms with Crippen LogP contribution in [0.2, 0.25) is 0 Å². The SMILES string of the molecule is C=CC(=O)CCCCCCCOc1ccc(C(=O)Oc2ccc(C(=O)O[C@H]3COC4C3OC[C@H]4OC(C)=O)cc2)cc1. The highest BCUT2D eigenvalue weighted by molar-refractivity contribution is 5.92. The van der Waals surface area contributed by atoms with Gasteiger partial charge in [-0.3, -0.25) is 9.59 Å². The normalized spacial score (nSPS) is 20.8. The quantitative estimate of drug-likeness (QED) is 0.127. The van der Waals surface area contributed by atoms with Crippen molar-refractivity contribution in [3.63, 3.8) is 0 Å². The lowest BCUT2D eigenvalue weighted by Crippen LogP contribution is -2.35. The van der Waals surface area contributed by atoms with E-state index in [0.717, 1.165) is 32.1 Å². The van der Waals surface area contributed by atoms with Crippen molar-refractivity contribution in [3.8, 4) is 11.5 Å². The summed E-state index contributed by atoms with van der Waals surface area (Å²) in [5.41, 5.74) is 0.636. The lowest BCUT2D eigenvalue weighted by Gasteiger charge is -2.17. The minimum absolute atomic E-state index is 0.0912. The summed E-state index contributed by atoms with van der Waals surface area (Å²) in [4.78, 5) is 47.7.